The fourth-order valence-electron chi connectivity index (χ4n) is 1.70. The molecule has 1 aromatic heterocycles. The number of aromatic nitrogens is 2. The van der Waals surface area contributed by atoms with Crippen molar-refractivity contribution < 1.29 is 4.74 Å². The van der Waals surface area contributed by atoms with Crippen LogP contribution in [0.15, 0.2) is 12.6 Å². The van der Waals surface area contributed by atoms with Crippen molar-refractivity contribution >= 4 is 23.5 Å². The summed E-state index contributed by atoms with van der Waals surface area (Å²) in [5.41, 5.74) is 0. The molecule has 5 heteroatoms. The molecule has 0 amide bonds. The van der Waals surface area contributed by atoms with Gasteiger partial charge in [-0.1, -0.05) is 32.0 Å². The lowest BCUT2D eigenvalue weighted by Gasteiger charge is -2.32. The Morgan fingerprint density at radius 1 is 1.50 bits per heavy atom. The van der Waals surface area contributed by atoms with E-state index in [1.807, 2.05) is 20.8 Å². The van der Waals surface area contributed by atoms with E-state index in [9.17, 15) is 0 Å². The van der Waals surface area contributed by atoms with E-state index in [0.29, 0.717) is 17.6 Å². The lowest BCUT2D eigenvalue weighted by Crippen LogP contribution is -2.41. The van der Waals surface area contributed by atoms with E-state index in [4.69, 9.17) is 16.3 Å². The summed E-state index contributed by atoms with van der Waals surface area (Å²) in [6.07, 6.45) is 1.81. The van der Waals surface area contributed by atoms with Crippen LogP contribution in [0.1, 0.15) is 26.6 Å². The van der Waals surface area contributed by atoms with Crippen LogP contribution in [-0.4, -0.2) is 35.8 Å². The maximum absolute atomic E-state index is 5.93. The molecule has 0 bridgehead atoms. The third-order valence-corrected chi connectivity index (χ3v) is 2.64. The van der Waals surface area contributed by atoms with Gasteiger partial charge in [-0.3, -0.25) is 0 Å². The zero-order chi connectivity index (χ0) is 13.5. The average molecular weight is 270 g/mol. The summed E-state index contributed by atoms with van der Waals surface area (Å²) in [6, 6.07) is 1.77. The number of ether oxygens (including phenoxy) is 1. The molecule has 0 aromatic carbocycles. The van der Waals surface area contributed by atoms with Crippen LogP contribution >= 0.6 is 11.6 Å². The third kappa shape index (κ3) is 3.96. The number of rotatable bonds is 2. The Bertz CT molecular complexity index is 398. The molecule has 4 nitrogen and oxygen atoms in total. The first-order valence-electron chi connectivity index (χ1n) is 6.22. The lowest BCUT2D eigenvalue weighted by atomic mass is 10.3. The Morgan fingerprint density at radius 3 is 2.83 bits per heavy atom. The van der Waals surface area contributed by atoms with Crippen LogP contribution in [0.2, 0.25) is 5.15 Å². The van der Waals surface area contributed by atoms with Gasteiger partial charge in [-0.15, -0.1) is 0 Å². The third-order valence-electron chi connectivity index (χ3n) is 2.45. The normalized spacial score (nSPS) is 18.9. The maximum atomic E-state index is 5.93. The molecule has 1 aromatic rings. The second-order valence-electron chi connectivity index (χ2n) is 3.74. The van der Waals surface area contributed by atoms with E-state index in [1.165, 1.54) is 0 Å². The summed E-state index contributed by atoms with van der Waals surface area (Å²) in [4.78, 5) is 10.6. The molecular formula is C13H20ClN3O. The fraction of sp³-hybridized carbons (Fsp3) is 0.538. The summed E-state index contributed by atoms with van der Waals surface area (Å²) in [7, 11) is 0. The molecule has 2 rings (SSSR count). The van der Waals surface area contributed by atoms with Crippen molar-refractivity contribution in [3.63, 3.8) is 0 Å². The first-order valence-corrected chi connectivity index (χ1v) is 6.60. The van der Waals surface area contributed by atoms with E-state index >= 15 is 0 Å². The first-order chi connectivity index (χ1) is 8.69. The number of halogens is 1. The molecule has 0 radical (unpaired) electrons. The van der Waals surface area contributed by atoms with Crippen molar-refractivity contribution in [2.24, 2.45) is 0 Å². The molecular weight excluding hydrogens is 250 g/mol. The topological polar surface area (TPSA) is 38.2 Å². The van der Waals surface area contributed by atoms with Gasteiger partial charge < -0.3 is 9.64 Å². The van der Waals surface area contributed by atoms with Crippen molar-refractivity contribution in [2.75, 3.05) is 24.6 Å². The molecule has 2 heterocycles. The maximum Gasteiger partial charge on any atom is 0.155 e. The Morgan fingerprint density at radius 2 is 2.22 bits per heavy atom. The van der Waals surface area contributed by atoms with Crippen molar-refractivity contribution in [3.05, 3.63) is 23.6 Å². The summed E-state index contributed by atoms with van der Waals surface area (Å²) < 4.78 is 5.48. The van der Waals surface area contributed by atoms with Crippen molar-refractivity contribution in [3.8, 4) is 0 Å². The highest BCUT2D eigenvalue weighted by Crippen LogP contribution is 2.19. The van der Waals surface area contributed by atoms with Gasteiger partial charge >= 0.3 is 0 Å². The average Bonchev–Trinajstić information content (AvgIpc) is 2.40. The minimum atomic E-state index is 0.217. The van der Waals surface area contributed by atoms with Crippen molar-refractivity contribution in [1.82, 2.24) is 9.97 Å². The number of hydrogen-bond acceptors (Lipinski definition) is 4. The zero-order valence-electron chi connectivity index (χ0n) is 11.2. The van der Waals surface area contributed by atoms with Crippen LogP contribution < -0.4 is 4.90 Å². The predicted molar refractivity (Wildman–Crippen MR) is 76.1 cm³/mol. The number of hydrogen-bond donors (Lipinski definition) is 0. The molecule has 1 saturated heterocycles. The minimum Gasteiger partial charge on any atom is -0.375 e. The Kier molecular flexibility index (Phi) is 6.09. The van der Waals surface area contributed by atoms with E-state index in [1.54, 1.807) is 12.1 Å². The molecule has 0 aliphatic carbocycles. The molecule has 0 spiro atoms. The highest BCUT2D eigenvalue weighted by Gasteiger charge is 2.18. The van der Waals surface area contributed by atoms with Gasteiger partial charge in [-0.2, -0.15) is 0 Å². The molecule has 1 atom stereocenters. The Hall–Kier alpha value is -1.13. The summed E-state index contributed by atoms with van der Waals surface area (Å²) >= 11 is 5.93. The number of anilines is 1. The molecule has 0 N–H and O–H groups in total. The molecule has 100 valence electrons. The van der Waals surface area contributed by atoms with E-state index in [2.05, 4.69) is 21.4 Å². The van der Waals surface area contributed by atoms with Gasteiger partial charge in [0.25, 0.3) is 0 Å². The SMILES string of the molecule is C=Cc1nc(Cl)cc(N2CCO[C@H](C)C2)n1.CC. The highest BCUT2D eigenvalue weighted by molar-refractivity contribution is 6.29. The Balaban J connectivity index is 0.000000771. The smallest absolute Gasteiger partial charge is 0.155 e. The van der Waals surface area contributed by atoms with E-state index in [0.717, 1.165) is 18.9 Å². The van der Waals surface area contributed by atoms with Gasteiger partial charge in [0.15, 0.2) is 5.82 Å². The molecule has 0 saturated carbocycles. The molecule has 1 aliphatic heterocycles. The van der Waals surface area contributed by atoms with Gasteiger partial charge in [0.05, 0.1) is 12.7 Å². The summed E-state index contributed by atoms with van der Waals surface area (Å²) in [5.74, 6) is 1.40. The summed E-state index contributed by atoms with van der Waals surface area (Å²) in [6.45, 7) is 12.1. The molecule has 1 fully saturated rings. The predicted octanol–water partition coefficient (Wildman–Crippen LogP) is 3.02. The lowest BCUT2D eigenvalue weighted by molar-refractivity contribution is 0.0529. The van der Waals surface area contributed by atoms with Crippen LogP contribution in [0.4, 0.5) is 5.82 Å². The fourth-order valence-corrected chi connectivity index (χ4v) is 1.89. The molecule has 1 aliphatic rings. The van der Waals surface area contributed by atoms with Crippen molar-refractivity contribution in [2.45, 2.75) is 26.9 Å². The summed E-state index contributed by atoms with van der Waals surface area (Å²) in [5, 5.41) is 0.444. The zero-order valence-corrected chi connectivity index (χ0v) is 11.9. The van der Waals surface area contributed by atoms with Gasteiger partial charge in [-0.05, 0) is 13.0 Å². The second kappa shape index (κ2) is 7.34. The molecule has 0 unspecified atom stereocenters. The quantitative estimate of drug-likeness (QED) is 0.774. The van der Waals surface area contributed by atoms with Crippen molar-refractivity contribution in [1.29, 1.82) is 0 Å². The van der Waals surface area contributed by atoms with E-state index < -0.39 is 0 Å². The van der Waals surface area contributed by atoms with Gasteiger partial charge in [0.2, 0.25) is 0 Å². The highest BCUT2D eigenvalue weighted by atomic mass is 35.5. The van der Waals surface area contributed by atoms with E-state index in [-0.39, 0.29) is 6.10 Å². The number of morpholine rings is 1. The standard InChI is InChI=1S/C11H14ClN3O.C2H6/c1-3-10-13-9(12)6-11(14-10)15-4-5-16-8(2)7-15;1-2/h3,6,8H,1,4-5,7H2,2H3;1-2H3/t8-;/m1./s1. The van der Waals surface area contributed by atoms with Gasteiger partial charge in [0.1, 0.15) is 11.0 Å². The number of nitrogens with zero attached hydrogens (tertiary/aromatic N) is 3. The van der Waals surface area contributed by atoms with Crippen LogP contribution in [0, 0.1) is 0 Å². The largest absolute Gasteiger partial charge is 0.375 e. The van der Waals surface area contributed by atoms with Gasteiger partial charge in [-0.25, -0.2) is 9.97 Å². The second-order valence-corrected chi connectivity index (χ2v) is 4.13. The first kappa shape index (κ1) is 14.9. The van der Waals surface area contributed by atoms with Crippen LogP contribution in [0.25, 0.3) is 6.08 Å². The Labute approximate surface area is 114 Å². The monoisotopic (exact) mass is 269 g/mol. The minimum absolute atomic E-state index is 0.217. The van der Waals surface area contributed by atoms with Gasteiger partial charge in [0, 0.05) is 19.2 Å². The van der Waals surface area contributed by atoms with Crippen LogP contribution in [0.5, 0.6) is 0 Å². The van der Waals surface area contributed by atoms with Crippen LogP contribution in [0.3, 0.4) is 0 Å². The van der Waals surface area contributed by atoms with Crippen LogP contribution in [-0.2, 0) is 4.74 Å². The molecule has 18 heavy (non-hydrogen) atoms.